The van der Waals surface area contributed by atoms with Gasteiger partial charge < -0.3 is 20.1 Å². The zero-order valence-corrected chi connectivity index (χ0v) is 14.7. The molecule has 0 aromatic carbocycles. The van der Waals surface area contributed by atoms with E-state index in [1.165, 1.54) is 6.92 Å². The van der Waals surface area contributed by atoms with E-state index in [4.69, 9.17) is 15.3 Å². The first-order valence-corrected chi connectivity index (χ1v) is 7.91. The van der Waals surface area contributed by atoms with Crippen molar-refractivity contribution in [3.05, 3.63) is 0 Å². The first-order valence-electron chi connectivity index (χ1n) is 7.91. The molecule has 0 heterocycles. The molecule has 3 N–H and O–H groups in total. The zero-order chi connectivity index (χ0) is 19.3. The van der Waals surface area contributed by atoms with Gasteiger partial charge in [-0.25, -0.2) is 0 Å². The summed E-state index contributed by atoms with van der Waals surface area (Å²) in [6.45, 7) is 7.17. The molecule has 0 amide bonds. The van der Waals surface area contributed by atoms with Crippen LogP contribution in [0.2, 0.25) is 0 Å². The number of unbranched alkanes of at least 4 members (excludes halogenated alkanes) is 1. The number of carbonyl (C=O) groups excluding carboxylic acids is 1. The zero-order valence-electron chi connectivity index (χ0n) is 14.7. The Morgan fingerprint density at radius 1 is 0.958 bits per heavy atom. The largest absolute Gasteiger partial charge is 0.481 e. The highest BCUT2D eigenvalue weighted by Crippen LogP contribution is 2.33. The van der Waals surface area contributed by atoms with Crippen LogP contribution in [0.3, 0.4) is 0 Å². The molecule has 8 heteroatoms. The van der Waals surface area contributed by atoms with Gasteiger partial charge in [-0.1, -0.05) is 40.0 Å². The van der Waals surface area contributed by atoms with Crippen molar-refractivity contribution in [1.82, 2.24) is 0 Å². The molecule has 0 fully saturated rings. The SMILES string of the molecule is CCC(CC)C(C)(C(=O)O)C(=O)O.CCCCOC(=O)CC(=O)O. The van der Waals surface area contributed by atoms with Gasteiger partial charge in [-0.2, -0.15) is 0 Å². The molecule has 0 saturated heterocycles. The van der Waals surface area contributed by atoms with Gasteiger partial charge in [0.2, 0.25) is 0 Å². The summed E-state index contributed by atoms with van der Waals surface area (Å²) >= 11 is 0. The summed E-state index contributed by atoms with van der Waals surface area (Å²) < 4.78 is 4.57. The lowest BCUT2D eigenvalue weighted by molar-refractivity contribution is -0.168. The summed E-state index contributed by atoms with van der Waals surface area (Å²) in [5, 5.41) is 25.8. The molecule has 0 unspecified atom stereocenters. The van der Waals surface area contributed by atoms with Crippen LogP contribution in [0.1, 0.15) is 59.8 Å². The van der Waals surface area contributed by atoms with E-state index in [-0.39, 0.29) is 5.92 Å². The number of carboxylic acid groups (broad SMARTS) is 3. The number of hydrogen-bond acceptors (Lipinski definition) is 5. The van der Waals surface area contributed by atoms with E-state index < -0.39 is 35.7 Å². The van der Waals surface area contributed by atoms with Crippen LogP contribution in [0.15, 0.2) is 0 Å². The first-order chi connectivity index (χ1) is 11.1. The quantitative estimate of drug-likeness (QED) is 0.311. The van der Waals surface area contributed by atoms with Crippen LogP contribution in [0.4, 0.5) is 0 Å². The maximum Gasteiger partial charge on any atom is 0.321 e. The molecule has 0 aliphatic rings. The van der Waals surface area contributed by atoms with E-state index in [0.29, 0.717) is 19.4 Å². The van der Waals surface area contributed by atoms with Crippen LogP contribution >= 0.6 is 0 Å². The second kappa shape index (κ2) is 12.3. The fraction of sp³-hybridized carbons (Fsp3) is 0.750. The van der Waals surface area contributed by atoms with Crippen LogP contribution in [-0.2, 0) is 23.9 Å². The molecule has 0 bridgehead atoms. The minimum atomic E-state index is -1.65. The van der Waals surface area contributed by atoms with E-state index in [1.807, 2.05) is 6.92 Å². The molecule has 0 aromatic heterocycles. The topological polar surface area (TPSA) is 138 Å². The Hall–Kier alpha value is -2.12. The lowest BCUT2D eigenvalue weighted by Gasteiger charge is -2.28. The number of rotatable bonds is 10. The molecule has 0 rings (SSSR count). The molecule has 0 aromatic rings. The van der Waals surface area contributed by atoms with Gasteiger partial charge in [0.05, 0.1) is 6.61 Å². The van der Waals surface area contributed by atoms with Crippen molar-refractivity contribution >= 4 is 23.9 Å². The van der Waals surface area contributed by atoms with Crippen LogP contribution in [0.25, 0.3) is 0 Å². The van der Waals surface area contributed by atoms with E-state index in [9.17, 15) is 19.2 Å². The highest BCUT2D eigenvalue weighted by atomic mass is 16.5. The van der Waals surface area contributed by atoms with Gasteiger partial charge in [0.1, 0.15) is 6.42 Å². The van der Waals surface area contributed by atoms with Crippen LogP contribution in [0, 0.1) is 11.3 Å². The van der Waals surface area contributed by atoms with Crippen molar-refractivity contribution in [3.8, 4) is 0 Å². The van der Waals surface area contributed by atoms with Crippen LogP contribution in [0.5, 0.6) is 0 Å². The molecule has 0 atom stereocenters. The number of aliphatic carboxylic acids is 3. The highest BCUT2D eigenvalue weighted by molar-refractivity contribution is 5.98. The Balaban J connectivity index is 0. The predicted octanol–water partition coefficient (Wildman–Crippen LogP) is 2.40. The summed E-state index contributed by atoms with van der Waals surface area (Å²) in [4.78, 5) is 42.1. The summed E-state index contributed by atoms with van der Waals surface area (Å²) in [7, 11) is 0. The first kappa shape index (κ1) is 24.1. The number of ether oxygens (including phenoxy) is 1. The van der Waals surface area contributed by atoms with Gasteiger partial charge in [0.15, 0.2) is 5.41 Å². The minimum Gasteiger partial charge on any atom is -0.481 e. The minimum absolute atomic E-state index is 0.317. The third-order valence-corrected chi connectivity index (χ3v) is 3.75. The summed E-state index contributed by atoms with van der Waals surface area (Å²) in [5.41, 5.74) is -1.65. The third-order valence-electron chi connectivity index (χ3n) is 3.75. The fourth-order valence-corrected chi connectivity index (χ4v) is 2.05. The lowest BCUT2D eigenvalue weighted by atomic mass is 9.74. The summed E-state index contributed by atoms with van der Waals surface area (Å²) in [5.74, 6) is -4.64. The average Bonchev–Trinajstić information content (AvgIpc) is 2.47. The number of hydrogen-bond donors (Lipinski definition) is 3. The normalized spacial score (nSPS) is 10.5. The fourth-order valence-electron chi connectivity index (χ4n) is 2.05. The second-order valence-electron chi connectivity index (χ2n) is 5.47. The summed E-state index contributed by atoms with van der Waals surface area (Å²) in [6, 6.07) is 0. The molecule has 0 radical (unpaired) electrons. The maximum atomic E-state index is 10.8. The van der Waals surface area contributed by atoms with E-state index in [2.05, 4.69) is 4.74 Å². The molecule has 0 aliphatic heterocycles. The maximum absolute atomic E-state index is 10.8. The molecule has 0 aliphatic carbocycles. The highest BCUT2D eigenvalue weighted by Gasteiger charge is 2.46. The van der Waals surface area contributed by atoms with Crippen molar-refractivity contribution in [2.24, 2.45) is 11.3 Å². The van der Waals surface area contributed by atoms with Crippen molar-refractivity contribution in [1.29, 1.82) is 0 Å². The van der Waals surface area contributed by atoms with E-state index in [0.717, 1.165) is 12.8 Å². The lowest BCUT2D eigenvalue weighted by Crippen LogP contribution is -2.42. The van der Waals surface area contributed by atoms with Crippen molar-refractivity contribution < 1.29 is 39.2 Å². The molecular weight excluding hydrogens is 320 g/mol. The average molecular weight is 348 g/mol. The Kier molecular flexibility index (Phi) is 12.4. The van der Waals surface area contributed by atoms with Gasteiger partial charge >= 0.3 is 23.9 Å². The van der Waals surface area contributed by atoms with E-state index >= 15 is 0 Å². The van der Waals surface area contributed by atoms with Crippen LogP contribution < -0.4 is 0 Å². The number of esters is 1. The van der Waals surface area contributed by atoms with Crippen molar-refractivity contribution in [3.63, 3.8) is 0 Å². The van der Waals surface area contributed by atoms with E-state index in [1.54, 1.807) is 13.8 Å². The smallest absolute Gasteiger partial charge is 0.321 e. The Morgan fingerprint density at radius 3 is 1.67 bits per heavy atom. The predicted molar refractivity (Wildman–Crippen MR) is 85.6 cm³/mol. The summed E-state index contributed by atoms with van der Waals surface area (Å²) in [6.07, 6.45) is 2.30. The molecule has 8 nitrogen and oxygen atoms in total. The van der Waals surface area contributed by atoms with Gasteiger partial charge in [-0.15, -0.1) is 0 Å². The Morgan fingerprint density at radius 2 is 1.42 bits per heavy atom. The molecular formula is C16H28O8. The monoisotopic (exact) mass is 348 g/mol. The Labute approximate surface area is 141 Å². The standard InChI is InChI=1S/C9H16O4.C7H12O4/c1-4-6(5-2)9(3,7(10)11)8(12)13;1-2-3-4-11-7(10)5-6(8)9/h6H,4-5H2,1-3H3,(H,10,11)(H,12,13);2-5H2,1H3,(H,8,9). The molecule has 140 valence electrons. The number of carbonyl (C=O) groups is 4. The van der Waals surface area contributed by atoms with Crippen molar-refractivity contribution in [2.45, 2.75) is 59.8 Å². The molecule has 0 spiro atoms. The van der Waals surface area contributed by atoms with Gasteiger partial charge in [0.25, 0.3) is 0 Å². The Bertz CT molecular complexity index is 412. The molecule has 24 heavy (non-hydrogen) atoms. The van der Waals surface area contributed by atoms with Gasteiger partial charge in [-0.05, 0) is 19.3 Å². The second-order valence-corrected chi connectivity index (χ2v) is 5.47. The van der Waals surface area contributed by atoms with Crippen LogP contribution in [-0.4, -0.2) is 45.8 Å². The third kappa shape index (κ3) is 8.50. The van der Waals surface area contributed by atoms with Gasteiger partial charge in [-0.3, -0.25) is 19.2 Å². The molecule has 0 saturated carbocycles. The van der Waals surface area contributed by atoms with Crippen molar-refractivity contribution in [2.75, 3.05) is 6.61 Å². The number of carboxylic acids is 3. The van der Waals surface area contributed by atoms with Gasteiger partial charge in [0, 0.05) is 0 Å².